The number of aryl methyl sites for hydroxylation is 2. The van der Waals surface area contributed by atoms with Gasteiger partial charge in [-0.05, 0) is 25.0 Å². The number of β-amino-alcohol motifs (C(OH)–C–C–N with tert-alkyl or cyclic N) is 1. The zero-order chi connectivity index (χ0) is 17.8. The molecule has 3 heterocycles. The fraction of sp³-hybridized carbons (Fsp3) is 0.471. The average molecular weight is 347 g/mol. The SMILES string of the molecule is Cn1nccc1CCC(=O)N[C@H]1C[C@@H](O)CN(c2ccncc2F)C1. The molecule has 1 aliphatic heterocycles. The van der Waals surface area contributed by atoms with Gasteiger partial charge in [0.2, 0.25) is 5.91 Å². The van der Waals surface area contributed by atoms with E-state index in [9.17, 15) is 14.3 Å². The third-order valence-electron chi connectivity index (χ3n) is 4.42. The molecule has 0 aliphatic carbocycles. The summed E-state index contributed by atoms with van der Waals surface area (Å²) < 4.78 is 15.7. The van der Waals surface area contributed by atoms with Gasteiger partial charge in [0, 0.05) is 50.7 Å². The molecular formula is C17H22FN5O2. The van der Waals surface area contributed by atoms with Crippen LogP contribution in [-0.2, 0) is 18.3 Å². The minimum atomic E-state index is -0.622. The Bertz CT molecular complexity index is 735. The molecule has 7 nitrogen and oxygen atoms in total. The second-order valence-electron chi connectivity index (χ2n) is 6.33. The number of aliphatic hydroxyl groups is 1. The van der Waals surface area contributed by atoms with Gasteiger partial charge >= 0.3 is 0 Å². The molecule has 2 N–H and O–H groups in total. The van der Waals surface area contributed by atoms with Crippen molar-refractivity contribution in [1.82, 2.24) is 20.1 Å². The molecule has 134 valence electrons. The van der Waals surface area contributed by atoms with Gasteiger partial charge in [-0.1, -0.05) is 0 Å². The third-order valence-corrected chi connectivity index (χ3v) is 4.42. The number of aromatic nitrogens is 3. The Balaban J connectivity index is 1.57. The maximum absolute atomic E-state index is 13.9. The van der Waals surface area contributed by atoms with E-state index >= 15 is 0 Å². The van der Waals surface area contributed by atoms with E-state index in [-0.39, 0.29) is 11.9 Å². The maximum Gasteiger partial charge on any atom is 0.220 e. The Hall–Kier alpha value is -2.48. The lowest BCUT2D eigenvalue weighted by Gasteiger charge is -2.37. The van der Waals surface area contributed by atoms with E-state index in [1.165, 1.54) is 6.20 Å². The molecule has 2 aromatic rings. The molecule has 2 atom stereocenters. The summed E-state index contributed by atoms with van der Waals surface area (Å²) in [5.41, 5.74) is 1.38. The van der Waals surface area contributed by atoms with Crippen LogP contribution in [0.3, 0.4) is 0 Å². The highest BCUT2D eigenvalue weighted by Crippen LogP contribution is 2.22. The monoisotopic (exact) mass is 347 g/mol. The van der Waals surface area contributed by atoms with Crippen molar-refractivity contribution >= 4 is 11.6 Å². The number of pyridine rings is 1. The number of piperidine rings is 1. The van der Waals surface area contributed by atoms with Crippen molar-refractivity contribution in [2.24, 2.45) is 7.05 Å². The van der Waals surface area contributed by atoms with Crippen molar-refractivity contribution in [3.63, 3.8) is 0 Å². The van der Waals surface area contributed by atoms with E-state index in [1.54, 1.807) is 21.8 Å². The van der Waals surface area contributed by atoms with E-state index in [0.29, 0.717) is 38.0 Å². The first-order valence-electron chi connectivity index (χ1n) is 8.31. The summed E-state index contributed by atoms with van der Waals surface area (Å²) in [5, 5.41) is 17.1. The van der Waals surface area contributed by atoms with Crippen LogP contribution < -0.4 is 10.2 Å². The van der Waals surface area contributed by atoms with Gasteiger partial charge < -0.3 is 15.3 Å². The van der Waals surface area contributed by atoms with Crippen LogP contribution in [0, 0.1) is 5.82 Å². The molecule has 0 saturated carbocycles. The number of aliphatic hydroxyl groups excluding tert-OH is 1. The quantitative estimate of drug-likeness (QED) is 0.829. The molecule has 8 heteroatoms. The van der Waals surface area contributed by atoms with Gasteiger partial charge in [0.15, 0.2) is 5.82 Å². The fourth-order valence-corrected chi connectivity index (χ4v) is 3.19. The molecule has 0 bridgehead atoms. The molecular weight excluding hydrogens is 325 g/mol. The number of amides is 1. The first-order chi connectivity index (χ1) is 12.0. The smallest absolute Gasteiger partial charge is 0.220 e. The molecule has 0 aromatic carbocycles. The summed E-state index contributed by atoms with van der Waals surface area (Å²) in [5.74, 6) is -0.520. The van der Waals surface area contributed by atoms with Crippen LogP contribution in [0.1, 0.15) is 18.5 Å². The number of carbonyl (C=O) groups excluding carboxylic acids is 1. The van der Waals surface area contributed by atoms with Gasteiger partial charge in [-0.25, -0.2) is 4.39 Å². The van der Waals surface area contributed by atoms with Crippen molar-refractivity contribution in [1.29, 1.82) is 0 Å². The minimum Gasteiger partial charge on any atom is -0.391 e. The molecule has 2 aromatic heterocycles. The summed E-state index contributed by atoms with van der Waals surface area (Å²) in [6, 6.07) is 3.23. The predicted molar refractivity (Wildman–Crippen MR) is 90.5 cm³/mol. The zero-order valence-corrected chi connectivity index (χ0v) is 14.1. The van der Waals surface area contributed by atoms with E-state index in [4.69, 9.17) is 0 Å². The number of rotatable bonds is 5. The van der Waals surface area contributed by atoms with E-state index in [0.717, 1.165) is 11.9 Å². The van der Waals surface area contributed by atoms with E-state index in [1.807, 2.05) is 13.1 Å². The minimum absolute atomic E-state index is 0.0875. The van der Waals surface area contributed by atoms with Crippen molar-refractivity contribution < 1.29 is 14.3 Å². The van der Waals surface area contributed by atoms with Crippen molar-refractivity contribution in [2.75, 3.05) is 18.0 Å². The van der Waals surface area contributed by atoms with Crippen molar-refractivity contribution in [2.45, 2.75) is 31.4 Å². The van der Waals surface area contributed by atoms with Crippen molar-refractivity contribution in [3.8, 4) is 0 Å². The Morgan fingerprint density at radius 3 is 2.96 bits per heavy atom. The molecule has 0 unspecified atom stereocenters. The van der Waals surface area contributed by atoms with Crippen LogP contribution >= 0.6 is 0 Å². The molecule has 1 fully saturated rings. The molecule has 1 saturated heterocycles. The van der Waals surface area contributed by atoms with Gasteiger partial charge in [0.1, 0.15) is 0 Å². The Kier molecular flexibility index (Phi) is 5.28. The third kappa shape index (κ3) is 4.33. The number of hydrogen-bond acceptors (Lipinski definition) is 5. The first kappa shape index (κ1) is 17.3. The highest BCUT2D eigenvalue weighted by atomic mass is 19.1. The number of hydrogen-bond donors (Lipinski definition) is 2. The van der Waals surface area contributed by atoms with Crippen molar-refractivity contribution in [3.05, 3.63) is 42.2 Å². The van der Waals surface area contributed by atoms with Crippen LogP contribution in [0.4, 0.5) is 10.1 Å². The van der Waals surface area contributed by atoms with E-state index in [2.05, 4.69) is 15.4 Å². The second-order valence-corrected chi connectivity index (χ2v) is 6.33. The molecule has 0 radical (unpaired) electrons. The lowest BCUT2D eigenvalue weighted by Crippen LogP contribution is -2.53. The van der Waals surface area contributed by atoms with Crippen LogP contribution in [-0.4, -0.2) is 51.0 Å². The number of carbonyl (C=O) groups is 1. The van der Waals surface area contributed by atoms with E-state index < -0.39 is 11.9 Å². The molecule has 25 heavy (non-hydrogen) atoms. The molecule has 1 aliphatic rings. The Morgan fingerprint density at radius 1 is 1.40 bits per heavy atom. The lowest BCUT2D eigenvalue weighted by atomic mass is 10.0. The zero-order valence-electron chi connectivity index (χ0n) is 14.1. The van der Waals surface area contributed by atoms with Crippen LogP contribution in [0.15, 0.2) is 30.7 Å². The normalized spacial score (nSPS) is 20.5. The van der Waals surface area contributed by atoms with Gasteiger partial charge in [-0.2, -0.15) is 5.10 Å². The van der Waals surface area contributed by atoms with Crippen LogP contribution in [0.2, 0.25) is 0 Å². The molecule has 3 rings (SSSR count). The second kappa shape index (κ2) is 7.60. The fourth-order valence-electron chi connectivity index (χ4n) is 3.19. The van der Waals surface area contributed by atoms with Gasteiger partial charge in [0.25, 0.3) is 0 Å². The first-order valence-corrected chi connectivity index (χ1v) is 8.31. The summed E-state index contributed by atoms with van der Waals surface area (Å²) in [7, 11) is 1.84. The summed E-state index contributed by atoms with van der Waals surface area (Å²) >= 11 is 0. The Labute approximate surface area is 145 Å². The summed E-state index contributed by atoms with van der Waals surface area (Å²) in [6.45, 7) is 0.789. The number of nitrogens with one attached hydrogen (secondary N) is 1. The van der Waals surface area contributed by atoms with Gasteiger partial charge in [0.05, 0.1) is 18.0 Å². The average Bonchev–Trinajstić information content (AvgIpc) is 2.98. The number of nitrogens with zero attached hydrogens (tertiary/aromatic N) is 4. The number of anilines is 1. The van der Waals surface area contributed by atoms with Crippen LogP contribution in [0.25, 0.3) is 0 Å². The predicted octanol–water partition coefficient (Wildman–Crippen LogP) is 0.643. The highest BCUT2D eigenvalue weighted by molar-refractivity contribution is 5.76. The maximum atomic E-state index is 13.9. The standard InChI is InChI=1S/C17H22FN5O2/c1-22-13(4-7-20-22)2-3-17(25)21-12-8-14(24)11-23(10-12)16-5-6-19-9-15(16)18/h4-7,9,12,14,24H,2-3,8,10-11H2,1H3,(H,21,25)/t12-,14+/m0/s1. The highest BCUT2D eigenvalue weighted by Gasteiger charge is 2.28. The molecule has 1 amide bonds. The largest absolute Gasteiger partial charge is 0.391 e. The van der Waals surface area contributed by atoms with Crippen LogP contribution in [0.5, 0.6) is 0 Å². The summed E-state index contributed by atoms with van der Waals surface area (Å²) in [6.07, 6.45) is 5.14. The van der Waals surface area contributed by atoms with Gasteiger partial charge in [-0.3, -0.25) is 14.5 Å². The lowest BCUT2D eigenvalue weighted by molar-refractivity contribution is -0.122. The summed E-state index contributed by atoms with van der Waals surface area (Å²) in [4.78, 5) is 17.7. The van der Waals surface area contributed by atoms with Gasteiger partial charge in [-0.15, -0.1) is 0 Å². The topological polar surface area (TPSA) is 83.3 Å². The molecule has 0 spiro atoms. The number of halogens is 1. The Morgan fingerprint density at radius 2 is 2.24 bits per heavy atom.